The van der Waals surface area contributed by atoms with Gasteiger partial charge in [0.1, 0.15) is 0 Å². The molecule has 0 saturated carbocycles. The Morgan fingerprint density at radius 2 is 1.89 bits per heavy atom. The van der Waals surface area contributed by atoms with E-state index in [1.54, 1.807) is 11.9 Å². The first-order valence-electron chi connectivity index (χ1n) is 9.70. The van der Waals surface area contributed by atoms with Crippen molar-refractivity contribution in [1.29, 1.82) is 0 Å². The maximum absolute atomic E-state index is 12.2. The van der Waals surface area contributed by atoms with Gasteiger partial charge in [-0.3, -0.25) is 19.2 Å². The molecule has 148 valence electrons. The zero-order valence-corrected chi connectivity index (χ0v) is 16.3. The van der Waals surface area contributed by atoms with Gasteiger partial charge in [-0.2, -0.15) is 5.10 Å². The van der Waals surface area contributed by atoms with E-state index in [0.717, 1.165) is 36.5 Å². The number of amides is 1. The Morgan fingerprint density at radius 1 is 1.21 bits per heavy atom. The third-order valence-electron chi connectivity index (χ3n) is 6.44. The summed E-state index contributed by atoms with van der Waals surface area (Å²) in [5.74, 6) is -1.52. The molecule has 0 radical (unpaired) electrons. The minimum absolute atomic E-state index is 0.0560. The van der Waals surface area contributed by atoms with Crippen LogP contribution in [0.2, 0.25) is 0 Å². The lowest BCUT2D eigenvalue weighted by atomic mass is 9.77. The van der Waals surface area contributed by atoms with Gasteiger partial charge in [0.25, 0.3) is 0 Å². The van der Waals surface area contributed by atoms with Crippen molar-refractivity contribution in [3.05, 3.63) is 42.1 Å². The fourth-order valence-electron chi connectivity index (χ4n) is 4.82. The summed E-state index contributed by atoms with van der Waals surface area (Å²) < 4.78 is 1.84. The lowest BCUT2D eigenvalue weighted by Crippen LogP contribution is -2.55. The Kier molecular flexibility index (Phi) is 4.71. The molecule has 2 saturated heterocycles. The number of rotatable bonds is 4. The molecule has 1 atom stereocenters. The van der Waals surface area contributed by atoms with Crippen LogP contribution in [0.5, 0.6) is 0 Å². The summed E-state index contributed by atoms with van der Waals surface area (Å²) in [7, 11) is 3.69. The predicted molar refractivity (Wildman–Crippen MR) is 104 cm³/mol. The second-order valence-electron chi connectivity index (χ2n) is 7.97. The third-order valence-corrected chi connectivity index (χ3v) is 6.44. The highest BCUT2D eigenvalue weighted by Crippen LogP contribution is 2.43. The highest BCUT2D eigenvalue weighted by molar-refractivity contribution is 5.88. The van der Waals surface area contributed by atoms with Crippen molar-refractivity contribution in [2.75, 3.05) is 20.1 Å². The molecule has 3 heterocycles. The maximum atomic E-state index is 12.2. The van der Waals surface area contributed by atoms with Crippen LogP contribution in [0.1, 0.15) is 24.8 Å². The number of hydrogen-bond acceptors (Lipinski definition) is 4. The molecule has 1 amide bonds. The van der Waals surface area contributed by atoms with Crippen LogP contribution in [0.3, 0.4) is 0 Å². The van der Waals surface area contributed by atoms with Crippen molar-refractivity contribution in [2.45, 2.75) is 31.3 Å². The van der Waals surface area contributed by atoms with Crippen molar-refractivity contribution in [3.63, 3.8) is 0 Å². The minimum Gasteiger partial charge on any atom is -0.481 e. The molecule has 7 heteroatoms. The molecule has 7 nitrogen and oxygen atoms in total. The highest BCUT2D eigenvalue weighted by atomic mass is 16.4. The molecule has 2 fully saturated rings. The van der Waals surface area contributed by atoms with Gasteiger partial charge in [0.15, 0.2) is 0 Å². The topological polar surface area (TPSA) is 78.7 Å². The van der Waals surface area contributed by atoms with Crippen LogP contribution in [-0.2, 0) is 23.2 Å². The molecule has 0 aliphatic carbocycles. The van der Waals surface area contributed by atoms with E-state index in [1.807, 2.05) is 29.9 Å². The van der Waals surface area contributed by atoms with Gasteiger partial charge in [0.05, 0.1) is 17.2 Å². The first-order valence-corrected chi connectivity index (χ1v) is 9.70. The average molecular weight is 382 g/mol. The molecule has 2 aliphatic rings. The second-order valence-corrected chi connectivity index (χ2v) is 7.97. The van der Waals surface area contributed by atoms with Gasteiger partial charge in [-0.05, 0) is 12.8 Å². The SMILES string of the molecule is CN1C(=O)CC(C(=O)O)C12CCN(Cc1cn(C)nc1-c1ccccc1)CC2. The standard InChI is InChI=1S/C21H26N4O3/c1-23-13-16(19(22-23)15-6-4-3-5-7-15)14-25-10-8-21(9-11-25)17(20(27)28)12-18(26)24(21)2/h3-7,13,17H,8-12,14H2,1-2H3,(H,27,28). The van der Waals surface area contributed by atoms with E-state index in [-0.39, 0.29) is 12.3 Å². The number of hydrogen-bond donors (Lipinski definition) is 1. The summed E-state index contributed by atoms with van der Waals surface area (Å²) in [4.78, 5) is 28.0. The van der Waals surface area contributed by atoms with Crippen LogP contribution in [0.25, 0.3) is 11.3 Å². The summed E-state index contributed by atoms with van der Waals surface area (Å²) in [6.07, 6.45) is 3.55. The number of aliphatic carboxylic acids is 1. The molecule has 1 aromatic heterocycles. The molecule has 1 aromatic carbocycles. The molecular formula is C21H26N4O3. The van der Waals surface area contributed by atoms with Gasteiger partial charge < -0.3 is 10.0 Å². The Hall–Kier alpha value is -2.67. The van der Waals surface area contributed by atoms with E-state index in [2.05, 4.69) is 28.3 Å². The maximum Gasteiger partial charge on any atom is 0.309 e. The quantitative estimate of drug-likeness (QED) is 0.875. The average Bonchev–Trinajstić information content (AvgIpc) is 3.17. The largest absolute Gasteiger partial charge is 0.481 e. The fraction of sp³-hybridized carbons (Fsp3) is 0.476. The lowest BCUT2D eigenvalue weighted by Gasteiger charge is -2.45. The van der Waals surface area contributed by atoms with Crippen molar-refractivity contribution < 1.29 is 14.7 Å². The van der Waals surface area contributed by atoms with Crippen LogP contribution in [-0.4, -0.2) is 62.2 Å². The van der Waals surface area contributed by atoms with Gasteiger partial charge in [0.2, 0.25) is 5.91 Å². The van der Waals surface area contributed by atoms with E-state index in [0.29, 0.717) is 12.8 Å². The molecule has 1 spiro atoms. The molecule has 1 N–H and O–H groups in total. The van der Waals surface area contributed by atoms with Crippen LogP contribution in [0.15, 0.2) is 36.5 Å². The predicted octanol–water partition coefficient (Wildman–Crippen LogP) is 1.98. The van der Waals surface area contributed by atoms with Gasteiger partial charge >= 0.3 is 5.97 Å². The van der Waals surface area contributed by atoms with E-state index in [4.69, 9.17) is 0 Å². The van der Waals surface area contributed by atoms with Crippen LogP contribution >= 0.6 is 0 Å². The van der Waals surface area contributed by atoms with Gasteiger partial charge in [0, 0.05) is 57.5 Å². The van der Waals surface area contributed by atoms with E-state index >= 15 is 0 Å². The van der Waals surface area contributed by atoms with Crippen LogP contribution < -0.4 is 0 Å². The fourth-order valence-corrected chi connectivity index (χ4v) is 4.82. The van der Waals surface area contributed by atoms with Crippen molar-refractivity contribution in [1.82, 2.24) is 19.6 Å². The van der Waals surface area contributed by atoms with Crippen LogP contribution in [0, 0.1) is 5.92 Å². The number of aryl methyl sites for hydroxylation is 1. The number of piperidine rings is 1. The first kappa shape index (κ1) is 18.7. The molecule has 0 bridgehead atoms. The second kappa shape index (κ2) is 7.05. The van der Waals surface area contributed by atoms with Gasteiger partial charge in [-0.1, -0.05) is 30.3 Å². The summed E-state index contributed by atoms with van der Waals surface area (Å²) >= 11 is 0. The Morgan fingerprint density at radius 3 is 2.54 bits per heavy atom. The number of nitrogens with zero attached hydrogens (tertiary/aromatic N) is 4. The Labute approximate surface area is 164 Å². The smallest absolute Gasteiger partial charge is 0.309 e. The summed E-state index contributed by atoms with van der Waals surface area (Å²) in [5, 5.41) is 14.3. The number of likely N-dealkylation sites (tertiary alicyclic amines) is 2. The van der Waals surface area contributed by atoms with Crippen molar-refractivity contribution >= 4 is 11.9 Å². The number of aromatic nitrogens is 2. The third kappa shape index (κ3) is 3.09. The van der Waals surface area contributed by atoms with E-state index < -0.39 is 17.4 Å². The zero-order chi connectivity index (χ0) is 19.9. The van der Waals surface area contributed by atoms with E-state index in [1.165, 1.54) is 0 Å². The summed E-state index contributed by atoms with van der Waals surface area (Å²) in [6, 6.07) is 10.1. The monoisotopic (exact) mass is 382 g/mol. The number of carboxylic acid groups (broad SMARTS) is 1. The number of carboxylic acids is 1. The van der Waals surface area contributed by atoms with Crippen molar-refractivity contribution in [2.24, 2.45) is 13.0 Å². The molecule has 2 aliphatic heterocycles. The number of benzene rings is 1. The molecule has 1 unspecified atom stereocenters. The van der Waals surface area contributed by atoms with E-state index in [9.17, 15) is 14.7 Å². The Balaban J connectivity index is 1.50. The number of carbonyl (C=O) groups excluding carboxylic acids is 1. The minimum atomic E-state index is -0.857. The molecular weight excluding hydrogens is 356 g/mol. The van der Waals surface area contributed by atoms with Gasteiger partial charge in [-0.25, -0.2) is 0 Å². The van der Waals surface area contributed by atoms with Gasteiger partial charge in [-0.15, -0.1) is 0 Å². The first-order chi connectivity index (χ1) is 13.4. The summed E-state index contributed by atoms with van der Waals surface area (Å²) in [5.41, 5.74) is 2.70. The zero-order valence-electron chi connectivity index (χ0n) is 16.3. The lowest BCUT2D eigenvalue weighted by molar-refractivity contribution is -0.146. The Bertz CT molecular complexity index is 884. The van der Waals surface area contributed by atoms with Crippen LogP contribution in [0.4, 0.5) is 0 Å². The number of carbonyl (C=O) groups is 2. The summed E-state index contributed by atoms with van der Waals surface area (Å²) in [6.45, 7) is 2.30. The molecule has 2 aromatic rings. The molecule has 28 heavy (non-hydrogen) atoms. The molecule has 4 rings (SSSR count). The normalized spacial score (nSPS) is 22.1. The van der Waals surface area contributed by atoms with Crippen molar-refractivity contribution in [3.8, 4) is 11.3 Å². The highest BCUT2D eigenvalue weighted by Gasteiger charge is 2.55.